The normalized spacial score (nSPS) is 10.0. The fraction of sp³-hybridized carbons (Fsp3) is 0.444. The number of unbranched alkanes of at least 4 members (excludes halogenated alkanes) is 1. The van der Waals surface area contributed by atoms with E-state index in [1.165, 1.54) is 10.7 Å². The Kier molecular flexibility index (Phi) is 4.25. The molecule has 0 saturated carbocycles. The summed E-state index contributed by atoms with van der Waals surface area (Å²) >= 11 is 4.74. The Morgan fingerprint density at radius 2 is 2.36 bits per heavy atom. The van der Waals surface area contributed by atoms with E-state index in [0.717, 1.165) is 19.3 Å². The van der Waals surface area contributed by atoms with Gasteiger partial charge in [-0.3, -0.25) is 4.79 Å². The molecule has 2 N–H and O–H groups in total. The smallest absolute Gasteiger partial charge is 0.266 e. The van der Waals surface area contributed by atoms with E-state index in [1.807, 2.05) is 0 Å². The number of nitrogens with zero attached hydrogens (tertiary/aromatic N) is 2. The van der Waals surface area contributed by atoms with Crippen LogP contribution in [0.15, 0.2) is 23.1 Å². The zero-order chi connectivity index (χ0) is 10.4. The Morgan fingerprint density at radius 3 is 3.00 bits per heavy atom. The van der Waals surface area contributed by atoms with Crippen LogP contribution < -0.4 is 11.3 Å². The van der Waals surface area contributed by atoms with Crippen LogP contribution in [0.3, 0.4) is 0 Å². The molecule has 0 aromatic carbocycles. The highest BCUT2D eigenvalue weighted by Gasteiger charge is 1.95. The van der Waals surface area contributed by atoms with Crippen LogP contribution in [-0.2, 0) is 6.54 Å². The van der Waals surface area contributed by atoms with Gasteiger partial charge in [0, 0.05) is 18.8 Å². The lowest BCUT2D eigenvalue weighted by molar-refractivity contribution is 0.537. The molecule has 0 unspecified atom stereocenters. The zero-order valence-corrected chi connectivity index (χ0v) is 8.67. The van der Waals surface area contributed by atoms with Crippen molar-refractivity contribution in [3.05, 3.63) is 28.7 Å². The minimum absolute atomic E-state index is 0.0668. The van der Waals surface area contributed by atoms with Crippen LogP contribution in [-0.4, -0.2) is 14.8 Å². The summed E-state index contributed by atoms with van der Waals surface area (Å²) in [5, 5.41) is 3.94. The number of hydrogen-bond acceptors (Lipinski definition) is 3. The molecule has 1 aromatic heterocycles. The molecule has 0 atom stereocenters. The highest BCUT2D eigenvalue weighted by Crippen LogP contribution is 1.96. The molecule has 0 saturated heterocycles. The van der Waals surface area contributed by atoms with Gasteiger partial charge in [0.15, 0.2) is 0 Å². The summed E-state index contributed by atoms with van der Waals surface area (Å²) in [5.74, 6) is 0. The molecule has 0 radical (unpaired) electrons. The molecule has 5 heteroatoms. The fourth-order valence-electron chi connectivity index (χ4n) is 1.12. The average Bonchev–Trinajstić information content (AvgIpc) is 2.15. The highest BCUT2D eigenvalue weighted by atomic mass is 32.1. The predicted molar refractivity (Wildman–Crippen MR) is 59.1 cm³/mol. The van der Waals surface area contributed by atoms with Crippen LogP contribution in [0.25, 0.3) is 0 Å². The Balaban J connectivity index is 2.35. The Bertz CT molecular complexity index is 361. The van der Waals surface area contributed by atoms with Gasteiger partial charge in [0.1, 0.15) is 0 Å². The number of rotatable bonds is 5. The quantitative estimate of drug-likeness (QED) is 0.575. The minimum Gasteiger partial charge on any atom is -0.393 e. The fourth-order valence-corrected chi connectivity index (χ4v) is 1.26. The van der Waals surface area contributed by atoms with Gasteiger partial charge in [-0.1, -0.05) is 12.2 Å². The molecule has 0 aliphatic carbocycles. The SMILES string of the molecule is NC(=S)CCCCn1ncccc1=O. The number of thiocarbonyl (C=S) groups is 1. The highest BCUT2D eigenvalue weighted by molar-refractivity contribution is 7.80. The maximum absolute atomic E-state index is 11.2. The number of nitrogens with two attached hydrogens (primary N) is 1. The van der Waals surface area contributed by atoms with Crippen molar-refractivity contribution >= 4 is 17.2 Å². The molecule has 0 aliphatic rings. The standard InChI is InChI=1S/C9H13N3OS/c10-8(14)4-1-2-7-12-9(13)5-3-6-11-12/h3,5-6H,1-2,4,7H2,(H2,10,14). The van der Waals surface area contributed by atoms with Crippen LogP contribution >= 0.6 is 12.2 Å². The second-order valence-corrected chi connectivity index (χ2v) is 3.53. The number of hydrogen-bond donors (Lipinski definition) is 1. The number of aromatic nitrogens is 2. The van der Waals surface area contributed by atoms with Gasteiger partial charge in [-0.15, -0.1) is 0 Å². The Labute approximate surface area is 87.7 Å². The summed E-state index contributed by atoms with van der Waals surface area (Å²) in [6.45, 7) is 0.627. The van der Waals surface area contributed by atoms with Crippen LogP contribution in [0.5, 0.6) is 0 Å². The summed E-state index contributed by atoms with van der Waals surface area (Å²) in [6, 6.07) is 3.13. The molecular weight excluding hydrogens is 198 g/mol. The van der Waals surface area contributed by atoms with Crippen LogP contribution in [0.1, 0.15) is 19.3 Å². The van der Waals surface area contributed by atoms with Gasteiger partial charge >= 0.3 is 0 Å². The summed E-state index contributed by atoms with van der Waals surface area (Å²) in [5.41, 5.74) is 5.28. The third kappa shape index (κ3) is 3.66. The second kappa shape index (κ2) is 5.49. The van der Waals surface area contributed by atoms with Crippen molar-refractivity contribution in [1.29, 1.82) is 0 Å². The first kappa shape index (κ1) is 10.8. The van der Waals surface area contributed by atoms with E-state index < -0.39 is 0 Å². The molecule has 4 nitrogen and oxygen atoms in total. The van der Waals surface area contributed by atoms with Crippen LogP contribution in [0.2, 0.25) is 0 Å². The molecule has 1 heterocycles. The van der Waals surface area contributed by atoms with Gasteiger partial charge in [0.05, 0.1) is 4.99 Å². The van der Waals surface area contributed by atoms with Gasteiger partial charge in [0.25, 0.3) is 5.56 Å². The average molecular weight is 211 g/mol. The summed E-state index contributed by atoms with van der Waals surface area (Å²) in [7, 11) is 0. The van der Waals surface area contributed by atoms with Crippen molar-refractivity contribution in [2.75, 3.05) is 0 Å². The third-order valence-corrected chi connectivity index (χ3v) is 2.03. The molecule has 0 bridgehead atoms. The predicted octanol–water partition coefficient (Wildman–Crippen LogP) is 0.700. The van der Waals surface area contributed by atoms with Crippen molar-refractivity contribution in [3.63, 3.8) is 0 Å². The first-order valence-electron chi connectivity index (χ1n) is 4.50. The molecule has 0 spiro atoms. The Morgan fingerprint density at radius 1 is 1.57 bits per heavy atom. The maximum atomic E-state index is 11.2. The first-order chi connectivity index (χ1) is 6.70. The van der Waals surface area contributed by atoms with Crippen LogP contribution in [0, 0.1) is 0 Å². The molecule has 0 amide bonds. The van der Waals surface area contributed by atoms with E-state index in [1.54, 1.807) is 12.3 Å². The van der Waals surface area contributed by atoms with Crippen LogP contribution in [0.4, 0.5) is 0 Å². The minimum atomic E-state index is -0.0668. The summed E-state index contributed by atoms with van der Waals surface area (Å²) in [4.78, 5) is 11.7. The van der Waals surface area contributed by atoms with E-state index in [2.05, 4.69) is 5.10 Å². The van der Waals surface area contributed by atoms with Gasteiger partial charge in [-0.05, 0) is 25.3 Å². The lowest BCUT2D eigenvalue weighted by atomic mass is 10.2. The summed E-state index contributed by atoms with van der Waals surface area (Å²) in [6.07, 6.45) is 4.11. The Hall–Kier alpha value is -1.23. The van der Waals surface area contributed by atoms with Crippen molar-refractivity contribution in [2.45, 2.75) is 25.8 Å². The van der Waals surface area contributed by atoms with Crippen molar-refractivity contribution < 1.29 is 0 Å². The van der Waals surface area contributed by atoms with Crippen molar-refractivity contribution in [1.82, 2.24) is 9.78 Å². The van der Waals surface area contributed by atoms with E-state index >= 15 is 0 Å². The molecule has 14 heavy (non-hydrogen) atoms. The van der Waals surface area contributed by atoms with Gasteiger partial charge in [0.2, 0.25) is 0 Å². The molecule has 0 fully saturated rings. The van der Waals surface area contributed by atoms with Gasteiger partial charge < -0.3 is 5.73 Å². The van der Waals surface area contributed by atoms with Gasteiger partial charge in [-0.25, -0.2) is 4.68 Å². The topological polar surface area (TPSA) is 60.9 Å². The number of aryl methyl sites for hydroxylation is 1. The molecule has 0 aliphatic heterocycles. The molecular formula is C9H13N3OS. The lowest BCUT2D eigenvalue weighted by Crippen LogP contribution is -2.21. The van der Waals surface area contributed by atoms with Crippen molar-refractivity contribution in [2.24, 2.45) is 5.73 Å². The molecule has 1 aromatic rings. The molecule has 1 rings (SSSR count). The second-order valence-electron chi connectivity index (χ2n) is 3.01. The molecule has 76 valence electrons. The zero-order valence-electron chi connectivity index (χ0n) is 7.85. The van der Waals surface area contributed by atoms with E-state index in [4.69, 9.17) is 18.0 Å². The third-order valence-electron chi connectivity index (χ3n) is 1.83. The van der Waals surface area contributed by atoms with E-state index in [0.29, 0.717) is 11.5 Å². The first-order valence-corrected chi connectivity index (χ1v) is 4.91. The van der Waals surface area contributed by atoms with E-state index in [-0.39, 0.29) is 5.56 Å². The monoisotopic (exact) mass is 211 g/mol. The summed E-state index contributed by atoms with van der Waals surface area (Å²) < 4.78 is 1.44. The largest absolute Gasteiger partial charge is 0.393 e. The maximum Gasteiger partial charge on any atom is 0.266 e. The lowest BCUT2D eigenvalue weighted by Gasteiger charge is -2.02. The van der Waals surface area contributed by atoms with Gasteiger partial charge in [-0.2, -0.15) is 5.10 Å². The van der Waals surface area contributed by atoms with Crippen molar-refractivity contribution in [3.8, 4) is 0 Å². The van der Waals surface area contributed by atoms with E-state index in [9.17, 15) is 4.79 Å².